The van der Waals surface area contributed by atoms with Gasteiger partial charge in [0.2, 0.25) is 0 Å². The first kappa shape index (κ1) is 13.3. The standard InChI is InChI=1S/C15H9BrClNO2/c1-18-13-10(17)6-9-11(12(13)16)15(20)8-5-3-2-4-7(8)14(9)19/h2-6,18H,1H3. The zero-order valence-corrected chi connectivity index (χ0v) is 12.8. The highest BCUT2D eigenvalue weighted by Crippen LogP contribution is 2.40. The van der Waals surface area contributed by atoms with Gasteiger partial charge in [0, 0.05) is 23.7 Å². The molecule has 0 fully saturated rings. The minimum absolute atomic E-state index is 0.171. The lowest BCUT2D eigenvalue weighted by Gasteiger charge is -2.20. The molecule has 0 atom stereocenters. The molecule has 0 aliphatic heterocycles. The van der Waals surface area contributed by atoms with Crippen LogP contribution < -0.4 is 5.32 Å². The quantitative estimate of drug-likeness (QED) is 0.723. The molecule has 0 amide bonds. The maximum atomic E-state index is 12.6. The maximum absolute atomic E-state index is 12.6. The maximum Gasteiger partial charge on any atom is 0.195 e. The molecule has 20 heavy (non-hydrogen) atoms. The predicted molar refractivity (Wildman–Crippen MR) is 82.0 cm³/mol. The zero-order valence-electron chi connectivity index (χ0n) is 10.5. The van der Waals surface area contributed by atoms with Gasteiger partial charge in [0.25, 0.3) is 0 Å². The summed E-state index contributed by atoms with van der Waals surface area (Å²) in [6, 6.07) is 8.36. The van der Waals surface area contributed by atoms with Gasteiger partial charge < -0.3 is 5.32 Å². The third-order valence-electron chi connectivity index (χ3n) is 3.36. The molecule has 1 aliphatic rings. The molecule has 0 radical (unpaired) electrons. The molecule has 0 heterocycles. The van der Waals surface area contributed by atoms with Crippen LogP contribution in [0.3, 0.4) is 0 Å². The van der Waals surface area contributed by atoms with Crippen LogP contribution in [0.2, 0.25) is 5.02 Å². The van der Waals surface area contributed by atoms with Crippen molar-refractivity contribution in [3.8, 4) is 0 Å². The van der Waals surface area contributed by atoms with E-state index in [2.05, 4.69) is 21.2 Å². The Labute approximate surface area is 129 Å². The van der Waals surface area contributed by atoms with Crippen LogP contribution in [0.1, 0.15) is 31.8 Å². The van der Waals surface area contributed by atoms with Crippen molar-refractivity contribution in [3.63, 3.8) is 0 Å². The Morgan fingerprint density at radius 2 is 1.65 bits per heavy atom. The first-order valence-electron chi connectivity index (χ1n) is 5.94. The second kappa shape index (κ2) is 4.72. The number of hydrogen-bond acceptors (Lipinski definition) is 3. The van der Waals surface area contributed by atoms with Gasteiger partial charge in [0.1, 0.15) is 0 Å². The van der Waals surface area contributed by atoms with Crippen molar-refractivity contribution in [1.29, 1.82) is 0 Å². The normalized spacial score (nSPS) is 12.9. The molecular formula is C15H9BrClNO2. The van der Waals surface area contributed by atoms with Crippen LogP contribution in [-0.4, -0.2) is 18.6 Å². The third-order valence-corrected chi connectivity index (χ3v) is 4.45. The van der Waals surface area contributed by atoms with Gasteiger partial charge in [0.05, 0.1) is 20.7 Å². The largest absolute Gasteiger partial charge is 0.386 e. The van der Waals surface area contributed by atoms with E-state index in [1.165, 1.54) is 0 Å². The molecule has 0 aromatic heterocycles. The van der Waals surface area contributed by atoms with Gasteiger partial charge in [-0.1, -0.05) is 35.9 Å². The lowest BCUT2D eigenvalue weighted by Crippen LogP contribution is -2.21. The molecule has 0 bridgehead atoms. The van der Waals surface area contributed by atoms with E-state index in [4.69, 9.17) is 11.6 Å². The Morgan fingerprint density at radius 3 is 2.25 bits per heavy atom. The molecule has 0 saturated heterocycles. The number of benzene rings is 2. The monoisotopic (exact) mass is 349 g/mol. The van der Waals surface area contributed by atoms with Crippen molar-refractivity contribution in [2.45, 2.75) is 0 Å². The molecule has 0 unspecified atom stereocenters. The highest BCUT2D eigenvalue weighted by Gasteiger charge is 2.32. The van der Waals surface area contributed by atoms with E-state index in [1.807, 2.05) is 0 Å². The molecule has 3 nitrogen and oxygen atoms in total. The Balaban J connectivity index is 2.37. The van der Waals surface area contributed by atoms with Gasteiger partial charge in [-0.25, -0.2) is 0 Å². The average Bonchev–Trinajstić information content (AvgIpc) is 2.45. The van der Waals surface area contributed by atoms with Gasteiger partial charge in [-0.15, -0.1) is 0 Å². The first-order valence-corrected chi connectivity index (χ1v) is 7.11. The molecule has 2 aromatic carbocycles. The SMILES string of the molecule is CNc1c(Cl)cc2c(c1Br)C(=O)c1ccccc1C2=O. The number of anilines is 1. The summed E-state index contributed by atoms with van der Waals surface area (Å²) in [6.07, 6.45) is 0. The van der Waals surface area contributed by atoms with Crippen LogP contribution in [0.4, 0.5) is 5.69 Å². The lowest BCUT2D eigenvalue weighted by atomic mass is 9.84. The summed E-state index contributed by atoms with van der Waals surface area (Å²) in [4.78, 5) is 25.1. The summed E-state index contributed by atoms with van der Waals surface area (Å²) in [6.45, 7) is 0. The van der Waals surface area contributed by atoms with Crippen LogP contribution in [0.15, 0.2) is 34.8 Å². The number of fused-ring (bicyclic) bond motifs is 2. The number of rotatable bonds is 1. The number of ketones is 2. The fourth-order valence-electron chi connectivity index (χ4n) is 2.41. The first-order chi connectivity index (χ1) is 9.56. The molecule has 1 N–H and O–H groups in total. The summed E-state index contributed by atoms with van der Waals surface area (Å²) >= 11 is 9.53. The highest BCUT2D eigenvalue weighted by atomic mass is 79.9. The summed E-state index contributed by atoms with van der Waals surface area (Å²) in [5, 5.41) is 3.33. The minimum atomic E-state index is -0.180. The van der Waals surface area contributed by atoms with E-state index >= 15 is 0 Å². The Bertz CT molecular complexity index is 771. The van der Waals surface area contributed by atoms with E-state index in [0.29, 0.717) is 37.4 Å². The van der Waals surface area contributed by atoms with Gasteiger partial charge >= 0.3 is 0 Å². The van der Waals surface area contributed by atoms with Crippen molar-refractivity contribution in [1.82, 2.24) is 0 Å². The van der Waals surface area contributed by atoms with Crippen molar-refractivity contribution in [2.24, 2.45) is 0 Å². The number of nitrogens with one attached hydrogen (secondary N) is 1. The third kappa shape index (κ3) is 1.72. The van der Waals surface area contributed by atoms with Gasteiger partial charge in [-0.05, 0) is 22.0 Å². The van der Waals surface area contributed by atoms with Gasteiger partial charge in [0.15, 0.2) is 11.6 Å². The van der Waals surface area contributed by atoms with E-state index < -0.39 is 0 Å². The summed E-state index contributed by atoms with van der Waals surface area (Å²) in [7, 11) is 1.71. The lowest BCUT2D eigenvalue weighted by molar-refractivity contribution is 0.0978. The van der Waals surface area contributed by atoms with Crippen molar-refractivity contribution < 1.29 is 9.59 Å². The number of hydrogen-bond donors (Lipinski definition) is 1. The van der Waals surface area contributed by atoms with E-state index in [9.17, 15) is 9.59 Å². The van der Waals surface area contributed by atoms with E-state index in [1.54, 1.807) is 37.4 Å². The second-order valence-corrected chi connectivity index (χ2v) is 5.62. The second-order valence-electron chi connectivity index (χ2n) is 4.42. The summed E-state index contributed by atoms with van der Waals surface area (Å²) in [5.74, 6) is -0.351. The van der Waals surface area contributed by atoms with Crippen molar-refractivity contribution in [2.75, 3.05) is 12.4 Å². The number of carbonyl (C=O) groups is 2. The molecular weight excluding hydrogens is 342 g/mol. The van der Waals surface area contributed by atoms with Crippen molar-refractivity contribution >= 4 is 44.8 Å². The van der Waals surface area contributed by atoms with Crippen LogP contribution in [0, 0.1) is 0 Å². The van der Waals surface area contributed by atoms with Crippen molar-refractivity contribution in [3.05, 3.63) is 62.1 Å². The zero-order chi connectivity index (χ0) is 14.4. The van der Waals surface area contributed by atoms with Crippen LogP contribution >= 0.6 is 27.5 Å². The molecule has 0 saturated carbocycles. The Morgan fingerprint density at radius 1 is 1.05 bits per heavy atom. The highest BCUT2D eigenvalue weighted by molar-refractivity contribution is 9.10. The molecule has 100 valence electrons. The van der Waals surface area contributed by atoms with Crippen LogP contribution in [0.25, 0.3) is 0 Å². The number of halogens is 2. The van der Waals surface area contributed by atoms with Gasteiger partial charge in [-0.2, -0.15) is 0 Å². The molecule has 2 aromatic rings. The topological polar surface area (TPSA) is 46.2 Å². The smallest absolute Gasteiger partial charge is 0.195 e. The summed E-state index contributed by atoms with van der Waals surface area (Å²) < 4.78 is 0.523. The average molecular weight is 351 g/mol. The fraction of sp³-hybridized carbons (Fsp3) is 0.0667. The Kier molecular flexibility index (Phi) is 3.15. The van der Waals surface area contributed by atoms with E-state index in [0.717, 1.165) is 0 Å². The van der Waals surface area contributed by atoms with Gasteiger partial charge in [-0.3, -0.25) is 9.59 Å². The molecule has 5 heteroatoms. The molecule has 0 spiro atoms. The fourth-order valence-corrected chi connectivity index (χ4v) is 3.63. The predicted octanol–water partition coefficient (Wildman–Crippen LogP) is 3.92. The van der Waals surface area contributed by atoms with E-state index in [-0.39, 0.29) is 11.6 Å². The molecule has 1 aliphatic carbocycles. The van der Waals surface area contributed by atoms with Crippen LogP contribution in [-0.2, 0) is 0 Å². The summed E-state index contributed by atoms with van der Waals surface area (Å²) in [5.41, 5.74) is 2.15. The number of carbonyl (C=O) groups excluding carboxylic acids is 2. The Hall–Kier alpha value is -1.65. The van der Waals surface area contributed by atoms with Crippen LogP contribution in [0.5, 0.6) is 0 Å². The molecule has 3 rings (SSSR count). The minimum Gasteiger partial charge on any atom is -0.386 e.